The molecule has 0 saturated heterocycles. The Bertz CT molecular complexity index is 577. The van der Waals surface area contributed by atoms with E-state index in [0.717, 1.165) is 24.2 Å². The van der Waals surface area contributed by atoms with Crippen molar-refractivity contribution < 1.29 is 9.84 Å². The van der Waals surface area contributed by atoms with Gasteiger partial charge in [0.2, 0.25) is 0 Å². The minimum Gasteiger partial charge on any atom is -0.497 e. The van der Waals surface area contributed by atoms with Crippen LogP contribution in [-0.4, -0.2) is 12.2 Å². The van der Waals surface area contributed by atoms with Crippen LogP contribution < -0.4 is 4.74 Å². The second kappa shape index (κ2) is 5.06. The zero-order chi connectivity index (χ0) is 13.2. The Morgan fingerprint density at radius 3 is 2.84 bits per heavy atom. The summed E-state index contributed by atoms with van der Waals surface area (Å²) in [7, 11) is 1.65. The molecule has 0 amide bonds. The molecule has 2 aromatic rings. The third-order valence-electron chi connectivity index (χ3n) is 4.00. The van der Waals surface area contributed by atoms with E-state index in [-0.39, 0.29) is 5.92 Å². The fourth-order valence-electron chi connectivity index (χ4n) is 2.98. The molecular weight excluding hydrogens is 236 g/mol. The molecule has 2 atom stereocenters. The van der Waals surface area contributed by atoms with Gasteiger partial charge in [-0.1, -0.05) is 36.4 Å². The van der Waals surface area contributed by atoms with Crippen LogP contribution in [0.1, 0.15) is 35.1 Å². The van der Waals surface area contributed by atoms with Gasteiger partial charge in [0.25, 0.3) is 0 Å². The number of aliphatic hydroxyl groups excluding tert-OH is 1. The summed E-state index contributed by atoms with van der Waals surface area (Å²) in [5, 5.41) is 10.6. The van der Waals surface area contributed by atoms with E-state index in [1.807, 2.05) is 24.3 Å². The molecule has 0 bridgehead atoms. The third-order valence-corrected chi connectivity index (χ3v) is 4.00. The molecular formula is C17H18O2. The molecule has 0 spiro atoms. The number of fused-ring (bicyclic) bond motifs is 1. The van der Waals surface area contributed by atoms with Gasteiger partial charge >= 0.3 is 0 Å². The van der Waals surface area contributed by atoms with Crippen molar-refractivity contribution in [3.05, 3.63) is 65.2 Å². The van der Waals surface area contributed by atoms with E-state index in [1.165, 1.54) is 11.1 Å². The third kappa shape index (κ3) is 2.24. The van der Waals surface area contributed by atoms with E-state index in [4.69, 9.17) is 4.74 Å². The van der Waals surface area contributed by atoms with Crippen molar-refractivity contribution in [3.8, 4) is 5.75 Å². The lowest BCUT2D eigenvalue weighted by Crippen LogP contribution is -2.08. The summed E-state index contributed by atoms with van der Waals surface area (Å²) in [5.74, 6) is 0.992. The maximum Gasteiger partial charge on any atom is 0.119 e. The van der Waals surface area contributed by atoms with Gasteiger partial charge in [0.15, 0.2) is 0 Å². The van der Waals surface area contributed by atoms with Gasteiger partial charge in [-0.25, -0.2) is 0 Å². The van der Waals surface area contributed by atoms with Gasteiger partial charge in [-0.05, 0) is 41.7 Å². The van der Waals surface area contributed by atoms with Crippen molar-refractivity contribution in [2.24, 2.45) is 0 Å². The van der Waals surface area contributed by atoms with Crippen molar-refractivity contribution in [3.63, 3.8) is 0 Å². The first-order chi connectivity index (χ1) is 9.29. The molecule has 2 aromatic carbocycles. The zero-order valence-electron chi connectivity index (χ0n) is 11.0. The van der Waals surface area contributed by atoms with Crippen LogP contribution in [0.4, 0.5) is 0 Å². The topological polar surface area (TPSA) is 29.5 Å². The molecule has 2 nitrogen and oxygen atoms in total. The Kier molecular flexibility index (Phi) is 3.26. The highest BCUT2D eigenvalue weighted by atomic mass is 16.5. The summed E-state index contributed by atoms with van der Waals surface area (Å²) >= 11 is 0. The largest absolute Gasteiger partial charge is 0.497 e. The summed E-state index contributed by atoms with van der Waals surface area (Å²) in [6.45, 7) is 0. The number of aliphatic hydroxyl groups is 1. The molecule has 0 saturated carbocycles. The van der Waals surface area contributed by atoms with E-state index in [9.17, 15) is 5.11 Å². The number of benzene rings is 2. The van der Waals surface area contributed by atoms with Crippen LogP contribution >= 0.6 is 0 Å². The number of hydrogen-bond acceptors (Lipinski definition) is 2. The van der Waals surface area contributed by atoms with Gasteiger partial charge < -0.3 is 9.84 Å². The van der Waals surface area contributed by atoms with E-state index < -0.39 is 6.10 Å². The Morgan fingerprint density at radius 2 is 2.00 bits per heavy atom. The highest BCUT2D eigenvalue weighted by Crippen LogP contribution is 2.41. The van der Waals surface area contributed by atoms with Crippen molar-refractivity contribution in [2.75, 3.05) is 7.11 Å². The summed E-state index contributed by atoms with van der Waals surface area (Å²) < 4.78 is 5.23. The minimum absolute atomic E-state index is 0.198. The number of rotatable bonds is 3. The van der Waals surface area contributed by atoms with Crippen LogP contribution in [0.3, 0.4) is 0 Å². The van der Waals surface area contributed by atoms with Crippen molar-refractivity contribution in [1.29, 1.82) is 0 Å². The van der Waals surface area contributed by atoms with Crippen molar-refractivity contribution in [1.82, 2.24) is 0 Å². The van der Waals surface area contributed by atoms with Crippen molar-refractivity contribution >= 4 is 0 Å². The average Bonchev–Trinajstić information content (AvgIpc) is 2.90. The molecule has 0 fully saturated rings. The summed E-state index contributed by atoms with van der Waals surface area (Å²) in [6, 6.07) is 16.1. The number of methoxy groups -OCH3 is 1. The van der Waals surface area contributed by atoms with Crippen LogP contribution in [-0.2, 0) is 6.42 Å². The maximum atomic E-state index is 10.6. The molecule has 1 aliphatic carbocycles. The fourth-order valence-corrected chi connectivity index (χ4v) is 2.98. The second-order valence-electron chi connectivity index (χ2n) is 5.07. The maximum absolute atomic E-state index is 10.6. The van der Waals surface area contributed by atoms with Gasteiger partial charge in [0.1, 0.15) is 5.75 Å². The molecule has 0 radical (unpaired) electrons. The van der Waals surface area contributed by atoms with E-state index in [1.54, 1.807) is 7.11 Å². The van der Waals surface area contributed by atoms with Crippen LogP contribution in [0.2, 0.25) is 0 Å². The Balaban J connectivity index is 1.90. The Morgan fingerprint density at radius 1 is 1.16 bits per heavy atom. The summed E-state index contributed by atoms with van der Waals surface area (Å²) in [6.07, 6.45) is 1.61. The first-order valence-corrected chi connectivity index (χ1v) is 6.69. The molecule has 98 valence electrons. The molecule has 1 aliphatic rings. The molecule has 0 heterocycles. The van der Waals surface area contributed by atoms with E-state index in [0.29, 0.717) is 0 Å². The van der Waals surface area contributed by atoms with Crippen molar-refractivity contribution in [2.45, 2.75) is 24.9 Å². The molecule has 3 rings (SSSR count). The number of ether oxygens (including phenoxy) is 1. The lowest BCUT2D eigenvalue weighted by Gasteiger charge is -2.20. The molecule has 2 heteroatoms. The van der Waals surface area contributed by atoms with E-state index in [2.05, 4.69) is 24.3 Å². The second-order valence-corrected chi connectivity index (χ2v) is 5.07. The Labute approximate surface area is 113 Å². The fraction of sp³-hybridized carbons (Fsp3) is 0.294. The predicted octanol–water partition coefficient (Wildman–Crippen LogP) is 3.46. The monoisotopic (exact) mass is 254 g/mol. The molecule has 1 N–H and O–H groups in total. The normalized spacial score (nSPS) is 18.9. The lowest BCUT2D eigenvalue weighted by atomic mass is 9.90. The SMILES string of the molecule is COc1cccc(C(O)C2CCc3ccccc32)c1. The smallest absolute Gasteiger partial charge is 0.119 e. The molecule has 0 aromatic heterocycles. The predicted molar refractivity (Wildman–Crippen MR) is 75.5 cm³/mol. The van der Waals surface area contributed by atoms with Gasteiger partial charge in [-0.3, -0.25) is 0 Å². The Hall–Kier alpha value is -1.80. The number of aryl methyl sites for hydroxylation is 1. The molecule has 0 aliphatic heterocycles. The first-order valence-electron chi connectivity index (χ1n) is 6.69. The van der Waals surface area contributed by atoms with Gasteiger partial charge in [0, 0.05) is 5.92 Å². The molecule has 2 unspecified atom stereocenters. The quantitative estimate of drug-likeness (QED) is 0.909. The van der Waals surface area contributed by atoms with E-state index >= 15 is 0 Å². The standard InChI is InChI=1S/C17H18O2/c1-19-14-7-4-6-13(11-14)17(18)16-10-9-12-5-2-3-8-15(12)16/h2-8,11,16-18H,9-10H2,1H3. The summed E-state index contributed by atoms with van der Waals surface area (Å²) in [5.41, 5.74) is 3.59. The van der Waals surface area contributed by atoms with Gasteiger partial charge in [-0.15, -0.1) is 0 Å². The highest BCUT2D eigenvalue weighted by molar-refractivity contribution is 5.39. The van der Waals surface area contributed by atoms with Gasteiger partial charge in [0.05, 0.1) is 13.2 Å². The summed E-state index contributed by atoms with van der Waals surface area (Å²) in [4.78, 5) is 0. The average molecular weight is 254 g/mol. The van der Waals surface area contributed by atoms with Crippen LogP contribution in [0.5, 0.6) is 5.75 Å². The lowest BCUT2D eigenvalue weighted by molar-refractivity contribution is 0.144. The number of hydrogen-bond donors (Lipinski definition) is 1. The van der Waals surface area contributed by atoms with Crippen LogP contribution in [0.15, 0.2) is 48.5 Å². The van der Waals surface area contributed by atoms with Gasteiger partial charge in [-0.2, -0.15) is 0 Å². The first kappa shape index (κ1) is 12.2. The van der Waals surface area contributed by atoms with Crippen LogP contribution in [0.25, 0.3) is 0 Å². The minimum atomic E-state index is -0.459. The van der Waals surface area contributed by atoms with Crippen LogP contribution in [0, 0.1) is 0 Å². The molecule has 19 heavy (non-hydrogen) atoms. The highest BCUT2D eigenvalue weighted by Gasteiger charge is 2.29. The zero-order valence-corrected chi connectivity index (χ0v) is 11.0.